The van der Waals surface area contributed by atoms with Crippen LogP contribution < -0.4 is 9.88 Å². The lowest BCUT2D eigenvalue weighted by Crippen LogP contribution is -2.13. The molecule has 0 bridgehead atoms. The summed E-state index contributed by atoms with van der Waals surface area (Å²) in [5.74, 6) is -0.995. The number of pyridine rings is 1. The van der Waals surface area contributed by atoms with Crippen LogP contribution in [0.25, 0.3) is 0 Å². The zero-order chi connectivity index (χ0) is 14.8. The number of aromatic nitrogens is 1. The number of hydrogen-bond acceptors (Lipinski definition) is 5. The molecule has 104 valence electrons. The summed E-state index contributed by atoms with van der Waals surface area (Å²) in [7, 11) is -3.98. The average molecular weight is 294 g/mol. The summed E-state index contributed by atoms with van der Waals surface area (Å²) in [5, 5.41) is 14.1. The smallest absolute Gasteiger partial charge is 0.339 e. The topological polar surface area (TPSA) is 120 Å². The highest BCUT2D eigenvalue weighted by atomic mass is 32.2. The van der Waals surface area contributed by atoms with Crippen LogP contribution in [0.5, 0.6) is 11.5 Å². The number of carbonyl (C=O) groups is 1. The number of primary sulfonamides is 1. The molecule has 0 aliphatic heterocycles. The molecule has 0 aliphatic carbocycles. The number of rotatable bonds is 4. The van der Waals surface area contributed by atoms with E-state index in [2.05, 4.69) is 4.98 Å². The molecule has 1 aromatic carbocycles. The maximum atomic E-state index is 11.2. The van der Waals surface area contributed by atoms with Crippen molar-refractivity contribution in [3.8, 4) is 11.5 Å². The van der Waals surface area contributed by atoms with E-state index in [0.717, 1.165) is 6.07 Å². The van der Waals surface area contributed by atoms with E-state index in [-0.39, 0.29) is 16.2 Å². The van der Waals surface area contributed by atoms with Gasteiger partial charge in [-0.25, -0.2) is 18.4 Å². The van der Waals surface area contributed by atoms with E-state index in [1.165, 1.54) is 24.5 Å². The van der Waals surface area contributed by atoms with Gasteiger partial charge >= 0.3 is 5.97 Å². The Morgan fingerprint density at radius 1 is 1.30 bits per heavy atom. The molecule has 1 aromatic heterocycles. The minimum absolute atomic E-state index is 0.00194. The molecule has 0 amide bonds. The molecule has 2 rings (SSSR count). The molecule has 0 spiro atoms. The number of hydrogen-bond donors (Lipinski definition) is 2. The van der Waals surface area contributed by atoms with Crippen LogP contribution in [-0.4, -0.2) is 24.5 Å². The third kappa shape index (κ3) is 3.11. The van der Waals surface area contributed by atoms with Crippen molar-refractivity contribution in [2.24, 2.45) is 5.14 Å². The van der Waals surface area contributed by atoms with Crippen LogP contribution in [-0.2, 0) is 10.0 Å². The van der Waals surface area contributed by atoms with Crippen molar-refractivity contribution in [2.75, 3.05) is 0 Å². The summed E-state index contributed by atoms with van der Waals surface area (Å²) in [5.41, 5.74) is -0.305. The number of ether oxygens (including phenoxy) is 1. The molecule has 8 heteroatoms. The van der Waals surface area contributed by atoms with Crippen LogP contribution in [0.2, 0.25) is 0 Å². The van der Waals surface area contributed by atoms with Gasteiger partial charge in [0.25, 0.3) is 0 Å². The molecule has 0 fully saturated rings. The van der Waals surface area contributed by atoms with E-state index in [1.54, 1.807) is 12.1 Å². The first-order valence-corrected chi connectivity index (χ1v) is 6.90. The number of carboxylic acid groups (broad SMARTS) is 1. The van der Waals surface area contributed by atoms with Gasteiger partial charge in [-0.05, 0) is 30.3 Å². The first-order chi connectivity index (χ1) is 9.38. The Morgan fingerprint density at radius 2 is 2.05 bits per heavy atom. The zero-order valence-electron chi connectivity index (χ0n) is 10.1. The molecule has 3 N–H and O–H groups in total. The van der Waals surface area contributed by atoms with Gasteiger partial charge in [0.1, 0.15) is 17.1 Å². The van der Waals surface area contributed by atoms with Crippen molar-refractivity contribution in [2.45, 2.75) is 4.90 Å². The van der Waals surface area contributed by atoms with Gasteiger partial charge in [0.15, 0.2) is 0 Å². The normalized spacial score (nSPS) is 11.1. The fourth-order valence-corrected chi connectivity index (χ4v) is 2.02. The summed E-state index contributed by atoms with van der Waals surface area (Å²) in [6, 6.07) is 6.56. The van der Waals surface area contributed by atoms with E-state index >= 15 is 0 Å². The van der Waals surface area contributed by atoms with Gasteiger partial charge in [-0.3, -0.25) is 4.98 Å². The third-order valence-corrected chi connectivity index (χ3v) is 3.28. The summed E-state index contributed by atoms with van der Waals surface area (Å²) in [6.07, 6.45) is 2.94. The van der Waals surface area contributed by atoms with E-state index in [0.29, 0.717) is 5.75 Å². The van der Waals surface area contributed by atoms with Crippen molar-refractivity contribution in [1.82, 2.24) is 4.98 Å². The van der Waals surface area contributed by atoms with Gasteiger partial charge in [0, 0.05) is 6.20 Å². The molecule has 7 nitrogen and oxygen atoms in total. The fourth-order valence-electron chi connectivity index (χ4n) is 1.48. The number of nitrogens with two attached hydrogens (primary N) is 1. The zero-order valence-corrected chi connectivity index (χ0v) is 10.9. The summed E-state index contributed by atoms with van der Waals surface area (Å²) >= 11 is 0. The molecule has 20 heavy (non-hydrogen) atoms. The summed E-state index contributed by atoms with van der Waals surface area (Å²) in [4.78, 5) is 14.7. The average Bonchev–Trinajstić information content (AvgIpc) is 2.38. The Labute approximate surface area is 114 Å². The van der Waals surface area contributed by atoms with Gasteiger partial charge in [0.2, 0.25) is 10.0 Å². The standard InChI is InChI=1S/C12H10N2O5S/c13-20(17,18)9-3-4-11(10(6-9)12(15)16)19-8-2-1-5-14-7-8/h1-7H,(H,15,16)(H2,13,17,18). The maximum Gasteiger partial charge on any atom is 0.339 e. The van der Waals surface area contributed by atoms with E-state index in [4.69, 9.17) is 15.0 Å². The lowest BCUT2D eigenvalue weighted by Gasteiger charge is -2.09. The van der Waals surface area contributed by atoms with Gasteiger partial charge in [-0.1, -0.05) is 0 Å². The van der Waals surface area contributed by atoms with E-state index in [9.17, 15) is 13.2 Å². The van der Waals surface area contributed by atoms with Crippen LogP contribution in [0.1, 0.15) is 10.4 Å². The molecule has 1 heterocycles. The molecule has 0 aliphatic rings. The molecule has 2 aromatic rings. The lowest BCUT2D eigenvalue weighted by molar-refractivity contribution is 0.0694. The number of sulfonamides is 1. The van der Waals surface area contributed by atoms with Gasteiger partial charge in [-0.15, -0.1) is 0 Å². The molecule has 0 saturated carbocycles. The second kappa shape index (κ2) is 5.27. The third-order valence-electron chi connectivity index (χ3n) is 2.37. The molecule has 0 atom stereocenters. The van der Waals surface area contributed by atoms with Gasteiger partial charge < -0.3 is 9.84 Å². The first-order valence-electron chi connectivity index (χ1n) is 5.36. The molecule has 0 saturated heterocycles. The van der Waals surface area contributed by atoms with Crippen LogP contribution in [0.4, 0.5) is 0 Å². The Kier molecular flexibility index (Phi) is 3.68. The maximum absolute atomic E-state index is 11.2. The van der Waals surface area contributed by atoms with Crippen molar-refractivity contribution in [1.29, 1.82) is 0 Å². The Bertz CT molecular complexity index is 744. The van der Waals surface area contributed by atoms with E-state index in [1.807, 2.05) is 0 Å². The molecular weight excluding hydrogens is 284 g/mol. The van der Waals surface area contributed by atoms with Gasteiger partial charge in [0.05, 0.1) is 11.1 Å². The number of aromatic carboxylic acids is 1. The predicted octanol–water partition coefficient (Wildman–Crippen LogP) is 1.22. The van der Waals surface area contributed by atoms with Crippen LogP contribution in [0, 0.1) is 0 Å². The monoisotopic (exact) mass is 294 g/mol. The fraction of sp³-hybridized carbons (Fsp3) is 0. The highest BCUT2D eigenvalue weighted by Gasteiger charge is 2.17. The van der Waals surface area contributed by atoms with Crippen LogP contribution in [0.15, 0.2) is 47.6 Å². The first kappa shape index (κ1) is 14.0. The Morgan fingerprint density at radius 3 is 2.60 bits per heavy atom. The summed E-state index contributed by atoms with van der Waals surface area (Å²) < 4.78 is 27.8. The van der Waals surface area contributed by atoms with Crippen molar-refractivity contribution in [3.05, 3.63) is 48.3 Å². The molecular formula is C12H10N2O5S. The second-order valence-corrected chi connectivity index (χ2v) is 5.36. The number of nitrogens with zero attached hydrogens (tertiary/aromatic N) is 1. The minimum atomic E-state index is -3.98. The predicted molar refractivity (Wildman–Crippen MR) is 69.1 cm³/mol. The number of carboxylic acids is 1. The minimum Gasteiger partial charge on any atom is -0.478 e. The van der Waals surface area contributed by atoms with Crippen LogP contribution >= 0.6 is 0 Å². The Hall–Kier alpha value is -2.45. The highest BCUT2D eigenvalue weighted by molar-refractivity contribution is 7.89. The number of benzene rings is 1. The Balaban J connectivity index is 2.46. The van der Waals surface area contributed by atoms with Crippen molar-refractivity contribution >= 4 is 16.0 Å². The van der Waals surface area contributed by atoms with Crippen molar-refractivity contribution < 1.29 is 23.1 Å². The van der Waals surface area contributed by atoms with E-state index < -0.39 is 16.0 Å². The SMILES string of the molecule is NS(=O)(=O)c1ccc(Oc2cccnc2)c(C(=O)O)c1. The molecule has 0 radical (unpaired) electrons. The lowest BCUT2D eigenvalue weighted by atomic mass is 10.2. The van der Waals surface area contributed by atoms with Crippen LogP contribution in [0.3, 0.4) is 0 Å². The van der Waals surface area contributed by atoms with Gasteiger partial charge in [-0.2, -0.15) is 0 Å². The summed E-state index contributed by atoms with van der Waals surface area (Å²) in [6.45, 7) is 0. The highest BCUT2D eigenvalue weighted by Crippen LogP contribution is 2.27. The second-order valence-electron chi connectivity index (χ2n) is 3.80. The largest absolute Gasteiger partial charge is 0.478 e. The quantitative estimate of drug-likeness (QED) is 0.874. The van der Waals surface area contributed by atoms with Crippen molar-refractivity contribution in [3.63, 3.8) is 0 Å². The molecule has 0 unspecified atom stereocenters.